The smallest absolute Gasteiger partial charge is 0.167 e. The van der Waals surface area contributed by atoms with Crippen molar-refractivity contribution >= 4 is 22.3 Å². The average Bonchev–Trinajstić information content (AvgIpc) is 2.81. The number of benzene rings is 2. The number of rotatable bonds is 3. The van der Waals surface area contributed by atoms with Crippen LogP contribution in [0, 0.1) is 0 Å². The van der Waals surface area contributed by atoms with Crippen molar-refractivity contribution in [1.29, 1.82) is 0 Å². The van der Waals surface area contributed by atoms with Gasteiger partial charge in [-0.15, -0.1) is 0 Å². The van der Waals surface area contributed by atoms with Crippen LogP contribution >= 0.6 is 0 Å². The molecule has 2 aromatic rings. The van der Waals surface area contributed by atoms with Gasteiger partial charge in [-0.3, -0.25) is 9.00 Å². The van der Waals surface area contributed by atoms with Gasteiger partial charge in [0.15, 0.2) is 5.78 Å². The molecular formula is C15H13NO2S. The largest absolute Gasteiger partial charge is 0.372 e. The molecule has 0 bridgehead atoms. The predicted molar refractivity (Wildman–Crippen MR) is 75.8 cm³/mol. The van der Waals surface area contributed by atoms with E-state index in [1.54, 1.807) is 12.1 Å². The average molecular weight is 271 g/mol. The highest BCUT2D eigenvalue weighted by molar-refractivity contribution is 7.85. The van der Waals surface area contributed by atoms with Crippen LogP contribution in [0.4, 0.5) is 5.69 Å². The Morgan fingerprint density at radius 3 is 2.74 bits per heavy atom. The first-order chi connectivity index (χ1) is 9.24. The molecule has 96 valence electrons. The molecule has 1 aliphatic rings. The summed E-state index contributed by atoms with van der Waals surface area (Å²) in [5, 5.41) is 3.05. The van der Waals surface area contributed by atoms with Gasteiger partial charge in [0.2, 0.25) is 0 Å². The highest BCUT2D eigenvalue weighted by Gasteiger charge is 2.19. The van der Waals surface area contributed by atoms with E-state index in [0.717, 1.165) is 16.1 Å². The molecule has 2 aromatic carbocycles. The molecule has 0 aromatic heterocycles. The van der Waals surface area contributed by atoms with E-state index in [9.17, 15) is 9.00 Å². The lowest BCUT2D eigenvalue weighted by atomic mass is 10.0. The van der Waals surface area contributed by atoms with Crippen LogP contribution in [-0.2, 0) is 17.2 Å². The van der Waals surface area contributed by atoms with Gasteiger partial charge in [-0.2, -0.15) is 0 Å². The first-order valence-corrected chi connectivity index (χ1v) is 7.39. The molecule has 0 spiro atoms. The van der Waals surface area contributed by atoms with Gasteiger partial charge in [-0.1, -0.05) is 30.3 Å². The van der Waals surface area contributed by atoms with Gasteiger partial charge in [0.1, 0.15) is 0 Å². The second kappa shape index (κ2) is 4.97. The van der Waals surface area contributed by atoms with Crippen LogP contribution in [0.15, 0.2) is 53.4 Å². The highest BCUT2D eigenvalue weighted by Crippen LogP contribution is 2.27. The van der Waals surface area contributed by atoms with E-state index in [1.807, 2.05) is 36.4 Å². The lowest BCUT2D eigenvalue weighted by Gasteiger charge is -2.04. The Morgan fingerprint density at radius 2 is 1.95 bits per heavy atom. The zero-order valence-electron chi connectivity index (χ0n) is 10.3. The van der Waals surface area contributed by atoms with Gasteiger partial charge in [-0.25, -0.2) is 0 Å². The van der Waals surface area contributed by atoms with Gasteiger partial charge in [0, 0.05) is 12.0 Å². The van der Waals surface area contributed by atoms with Gasteiger partial charge in [0.25, 0.3) is 0 Å². The molecular weight excluding hydrogens is 258 g/mol. The van der Waals surface area contributed by atoms with Crippen molar-refractivity contribution in [3.05, 3.63) is 59.7 Å². The molecule has 0 radical (unpaired) electrons. The first-order valence-electron chi connectivity index (χ1n) is 6.07. The van der Waals surface area contributed by atoms with E-state index >= 15 is 0 Å². The first kappa shape index (κ1) is 12.1. The molecule has 0 fully saturated rings. The van der Waals surface area contributed by atoms with Crippen LogP contribution < -0.4 is 5.32 Å². The molecule has 1 N–H and O–H groups in total. The number of hydrogen-bond acceptors (Lipinski definition) is 3. The quantitative estimate of drug-likeness (QED) is 0.873. The van der Waals surface area contributed by atoms with Crippen molar-refractivity contribution in [1.82, 2.24) is 0 Å². The molecule has 3 rings (SSSR count). The Kier molecular flexibility index (Phi) is 3.17. The SMILES string of the molecule is O=C(Cc1ccccc1)c1ccc2c(c1)S(=O)CN2. The summed E-state index contributed by atoms with van der Waals surface area (Å²) in [6, 6.07) is 15.0. The van der Waals surface area contributed by atoms with E-state index < -0.39 is 10.8 Å². The van der Waals surface area contributed by atoms with Crippen LogP contribution in [0.5, 0.6) is 0 Å². The van der Waals surface area contributed by atoms with E-state index in [2.05, 4.69) is 5.32 Å². The number of ketones is 1. The Bertz CT molecular complexity index is 652. The van der Waals surface area contributed by atoms with Crippen molar-refractivity contribution in [3.8, 4) is 0 Å². The topological polar surface area (TPSA) is 46.2 Å². The minimum Gasteiger partial charge on any atom is -0.372 e. The second-order valence-corrected chi connectivity index (χ2v) is 5.88. The molecule has 0 amide bonds. The third kappa shape index (κ3) is 2.44. The fourth-order valence-electron chi connectivity index (χ4n) is 2.13. The molecule has 3 nitrogen and oxygen atoms in total. The van der Waals surface area contributed by atoms with E-state index in [4.69, 9.17) is 0 Å². The lowest BCUT2D eigenvalue weighted by molar-refractivity contribution is 0.0993. The molecule has 0 saturated heterocycles. The van der Waals surface area contributed by atoms with Crippen LogP contribution in [0.25, 0.3) is 0 Å². The van der Waals surface area contributed by atoms with Gasteiger partial charge in [-0.05, 0) is 23.8 Å². The van der Waals surface area contributed by atoms with Crippen molar-refractivity contribution in [3.63, 3.8) is 0 Å². The number of carbonyl (C=O) groups is 1. The summed E-state index contributed by atoms with van der Waals surface area (Å²) in [6.07, 6.45) is 0.375. The molecule has 0 saturated carbocycles. The van der Waals surface area contributed by atoms with Gasteiger partial charge >= 0.3 is 0 Å². The number of carbonyl (C=O) groups excluding carboxylic acids is 1. The van der Waals surface area contributed by atoms with Crippen LogP contribution in [0.2, 0.25) is 0 Å². The van der Waals surface area contributed by atoms with Crippen molar-refractivity contribution < 1.29 is 9.00 Å². The van der Waals surface area contributed by atoms with Crippen molar-refractivity contribution in [2.24, 2.45) is 0 Å². The Hall–Kier alpha value is -1.94. The summed E-state index contributed by atoms with van der Waals surface area (Å²) >= 11 is 0. The summed E-state index contributed by atoms with van der Waals surface area (Å²) in [6.45, 7) is 0. The van der Waals surface area contributed by atoms with Crippen molar-refractivity contribution in [2.45, 2.75) is 11.3 Å². The highest BCUT2D eigenvalue weighted by atomic mass is 32.2. The molecule has 4 heteroatoms. The minimum absolute atomic E-state index is 0.0536. The van der Waals surface area contributed by atoms with E-state index in [-0.39, 0.29) is 5.78 Å². The summed E-state index contributed by atoms with van der Waals surface area (Å²) in [5.41, 5.74) is 2.49. The van der Waals surface area contributed by atoms with Gasteiger partial charge in [0.05, 0.1) is 27.3 Å². The molecule has 1 atom stereocenters. The predicted octanol–water partition coefficient (Wildman–Crippen LogP) is 2.60. The summed E-state index contributed by atoms with van der Waals surface area (Å²) in [7, 11) is -1.03. The molecule has 1 unspecified atom stereocenters. The number of Topliss-reactive ketones (excluding diaryl/α,β-unsaturated/α-hetero) is 1. The normalized spacial score (nSPS) is 16.7. The number of anilines is 1. The van der Waals surface area contributed by atoms with Crippen LogP contribution in [-0.4, -0.2) is 15.9 Å². The monoisotopic (exact) mass is 271 g/mol. The van der Waals surface area contributed by atoms with Crippen LogP contribution in [0.3, 0.4) is 0 Å². The molecule has 1 aliphatic heterocycles. The third-order valence-corrected chi connectivity index (χ3v) is 4.38. The summed E-state index contributed by atoms with van der Waals surface area (Å²) in [4.78, 5) is 12.9. The summed E-state index contributed by atoms with van der Waals surface area (Å²) < 4.78 is 11.7. The fourth-order valence-corrected chi connectivity index (χ4v) is 3.22. The maximum absolute atomic E-state index is 12.2. The maximum atomic E-state index is 12.2. The zero-order chi connectivity index (χ0) is 13.2. The van der Waals surface area contributed by atoms with E-state index in [0.29, 0.717) is 17.9 Å². The fraction of sp³-hybridized carbons (Fsp3) is 0.133. The Labute approximate surface area is 114 Å². The lowest BCUT2D eigenvalue weighted by Crippen LogP contribution is -2.03. The number of hydrogen-bond donors (Lipinski definition) is 1. The van der Waals surface area contributed by atoms with Crippen molar-refractivity contribution in [2.75, 3.05) is 11.2 Å². The summed E-state index contributed by atoms with van der Waals surface area (Å²) in [5.74, 6) is 0.490. The molecule has 19 heavy (non-hydrogen) atoms. The minimum atomic E-state index is -1.03. The van der Waals surface area contributed by atoms with Gasteiger partial charge < -0.3 is 5.32 Å². The van der Waals surface area contributed by atoms with Crippen LogP contribution in [0.1, 0.15) is 15.9 Å². The number of fused-ring (bicyclic) bond motifs is 1. The molecule has 0 aliphatic carbocycles. The second-order valence-electron chi connectivity index (χ2n) is 4.46. The zero-order valence-corrected chi connectivity index (χ0v) is 11.1. The third-order valence-electron chi connectivity index (χ3n) is 3.15. The van der Waals surface area contributed by atoms with E-state index in [1.165, 1.54) is 0 Å². The standard InChI is InChI=1S/C15H13NO2S/c17-14(8-11-4-2-1-3-5-11)12-6-7-13-15(9-12)19(18)10-16-13/h1-7,9,16H,8,10H2. The maximum Gasteiger partial charge on any atom is 0.167 e. The number of nitrogens with one attached hydrogen (secondary N) is 1. The Balaban J connectivity index is 1.85. The molecule has 1 heterocycles. The Morgan fingerprint density at radius 1 is 1.16 bits per heavy atom.